The van der Waals surface area contributed by atoms with E-state index in [2.05, 4.69) is 0 Å². The Labute approximate surface area is 71.8 Å². The number of hydrogen-bond donors (Lipinski definition) is 3. The standard InChI is InChI=1S/C6H9N3O2S/c7-3-1-4(8)6(12(10)11)5(9)2-3/h1-2H,7-9H2,(H,10,11)/p-1. The van der Waals surface area contributed by atoms with Gasteiger partial charge in [-0.3, -0.25) is 4.21 Å². The van der Waals surface area contributed by atoms with Crippen molar-refractivity contribution in [3.63, 3.8) is 0 Å². The molecule has 0 saturated carbocycles. The molecule has 6 N–H and O–H groups in total. The van der Waals surface area contributed by atoms with Gasteiger partial charge in [0.05, 0.1) is 16.3 Å². The van der Waals surface area contributed by atoms with E-state index in [0.717, 1.165) is 0 Å². The summed E-state index contributed by atoms with van der Waals surface area (Å²) in [4.78, 5) is -0.0933. The first kappa shape index (κ1) is 8.82. The lowest BCUT2D eigenvalue weighted by molar-refractivity contribution is 0.538. The summed E-state index contributed by atoms with van der Waals surface area (Å²) in [6, 6.07) is 2.70. The van der Waals surface area contributed by atoms with Gasteiger partial charge in [-0.15, -0.1) is 0 Å². The molecule has 1 rings (SSSR count). The van der Waals surface area contributed by atoms with Crippen LogP contribution in [0.25, 0.3) is 0 Å². The first-order valence-electron chi connectivity index (χ1n) is 3.06. The van der Waals surface area contributed by atoms with Gasteiger partial charge in [-0.05, 0) is 23.2 Å². The van der Waals surface area contributed by atoms with Crippen LogP contribution >= 0.6 is 0 Å². The van der Waals surface area contributed by atoms with Crippen LogP contribution in [0, 0.1) is 0 Å². The first-order valence-corrected chi connectivity index (χ1v) is 4.13. The van der Waals surface area contributed by atoms with Crippen LogP contribution in [0.15, 0.2) is 17.0 Å². The molecule has 0 bridgehead atoms. The van der Waals surface area contributed by atoms with E-state index in [1.165, 1.54) is 12.1 Å². The third-order valence-electron chi connectivity index (χ3n) is 1.34. The summed E-state index contributed by atoms with van der Waals surface area (Å²) in [6.07, 6.45) is 0. The first-order chi connectivity index (χ1) is 5.52. The van der Waals surface area contributed by atoms with Crippen LogP contribution in [-0.4, -0.2) is 8.76 Å². The highest BCUT2D eigenvalue weighted by Crippen LogP contribution is 2.25. The Morgan fingerprint density at radius 2 is 1.58 bits per heavy atom. The average Bonchev–Trinajstić information content (AvgIpc) is 1.82. The molecule has 1 aromatic rings. The van der Waals surface area contributed by atoms with Crippen LogP contribution in [-0.2, 0) is 11.1 Å². The number of benzene rings is 1. The van der Waals surface area contributed by atoms with Crippen molar-refractivity contribution in [2.75, 3.05) is 17.2 Å². The summed E-state index contributed by atoms with van der Waals surface area (Å²) in [5, 5.41) is 0. The molecule has 0 aliphatic carbocycles. The number of hydrogen-bond acceptors (Lipinski definition) is 5. The van der Waals surface area contributed by atoms with E-state index >= 15 is 0 Å². The second-order valence-electron chi connectivity index (χ2n) is 2.26. The number of nitrogens with two attached hydrogens (primary N) is 3. The summed E-state index contributed by atoms with van der Waals surface area (Å²) < 4.78 is 21.1. The fourth-order valence-corrected chi connectivity index (χ4v) is 1.39. The minimum Gasteiger partial charge on any atom is -0.768 e. The second kappa shape index (κ2) is 3.00. The topological polar surface area (TPSA) is 118 Å². The molecule has 0 radical (unpaired) electrons. The maximum absolute atomic E-state index is 10.6. The van der Waals surface area contributed by atoms with E-state index in [1.54, 1.807) is 0 Å². The average molecular weight is 186 g/mol. The van der Waals surface area contributed by atoms with Gasteiger partial charge >= 0.3 is 0 Å². The lowest BCUT2D eigenvalue weighted by Gasteiger charge is -2.11. The van der Waals surface area contributed by atoms with E-state index in [4.69, 9.17) is 17.2 Å². The Kier molecular flexibility index (Phi) is 2.20. The van der Waals surface area contributed by atoms with Gasteiger partial charge in [0.15, 0.2) is 0 Å². The van der Waals surface area contributed by atoms with E-state index in [9.17, 15) is 8.76 Å². The summed E-state index contributed by atoms with van der Waals surface area (Å²) in [5.41, 5.74) is 16.6. The van der Waals surface area contributed by atoms with Crippen LogP contribution < -0.4 is 17.2 Å². The normalized spacial score (nSPS) is 12.8. The molecule has 6 heteroatoms. The van der Waals surface area contributed by atoms with Gasteiger partial charge < -0.3 is 21.8 Å². The molecule has 0 aromatic heterocycles. The minimum atomic E-state index is -2.42. The minimum absolute atomic E-state index is 0.0702. The van der Waals surface area contributed by atoms with E-state index in [1.807, 2.05) is 0 Å². The van der Waals surface area contributed by atoms with Crippen molar-refractivity contribution in [2.45, 2.75) is 4.90 Å². The van der Waals surface area contributed by atoms with E-state index in [0.29, 0.717) is 5.69 Å². The highest BCUT2D eigenvalue weighted by molar-refractivity contribution is 7.79. The van der Waals surface area contributed by atoms with Crippen molar-refractivity contribution >= 4 is 28.1 Å². The van der Waals surface area contributed by atoms with Crippen molar-refractivity contribution in [3.05, 3.63) is 12.1 Å². The van der Waals surface area contributed by atoms with Gasteiger partial charge in [-0.25, -0.2) is 0 Å². The molecule has 66 valence electrons. The Balaban J connectivity index is 3.38. The summed E-state index contributed by atoms with van der Waals surface area (Å²) in [7, 11) is 0. The molecule has 0 heterocycles. The second-order valence-corrected chi connectivity index (χ2v) is 3.14. The maximum atomic E-state index is 10.6. The van der Waals surface area contributed by atoms with Crippen LogP contribution in [0.1, 0.15) is 0 Å². The Morgan fingerprint density at radius 1 is 1.17 bits per heavy atom. The molecular weight excluding hydrogens is 178 g/mol. The van der Waals surface area contributed by atoms with Gasteiger partial charge in [0.1, 0.15) is 0 Å². The molecule has 1 aromatic carbocycles. The van der Waals surface area contributed by atoms with Crippen molar-refractivity contribution in [3.8, 4) is 0 Å². The fourth-order valence-electron chi connectivity index (χ4n) is 0.891. The zero-order valence-corrected chi connectivity index (χ0v) is 6.93. The van der Waals surface area contributed by atoms with Gasteiger partial charge in [-0.2, -0.15) is 0 Å². The quantitative estimate of drug-likeness (QED) is 0.410. The molecule has 0 spiro atoms. The third-order valence-corrected chi connectivity index (χ3v) is 2.14. The number of nitrogen functional groups attached to an aromatic ring is 3. The Bertz CT molecular complexity index is 317. The molecule has 5 nitrogen and oxygen atoms in total. The van der Waals surface area contributed by atoms with Crippen molar-refractivity contribution in [1.29, 1.82) is 0 Å². The molecular formula is C6H8N3O2S-. The molecule has 1 atom stereocenters. The highest BCUT2D eigenvalue weighted by Gasteiger charge is 2.05. The highest BCUT2D eigenvalue weighted by atomic mass is 32.2. The van der Waals surface area contributed by atoms with Gasteiger partial charge in [-0.1, -0.05) is 0 Å². The van der Waals surface area contributed by atoms with Crippen LogP contribution in [0.2, 0.25) is 0 Å². The smallest absolute Gasteiger partial charge is 0.0709 e. The molecule has 0 saturated heterocycles. The predicted molar refractivity (Wildman–Crippen MR) is 46.9 cm³/mol. The van der Waals surface area contributed by atoms with E-state index in [-0.39, 0.29) is 16.3 Å². The fraction of sp³-hybridized carbons (Fsp3) is 0. The molecule has 12 heavy (non-hydrogen) atoms. The Hall–Kier alpha value is -1.27. The van der Waals surface area contributed by atoms with Crippen molar-refractivity contribution in [1.82, 2.24) is 0 Å². The molecule has 0 aliphatic heterocycles. The van der Waals surface area contributed by atoms with Crippen LogP contribution in [0.4, 0.5) is 17.1 Å². The summed E-state index contributed by atoms with van der Waals surface area (Å²) in [6.45, 7) is 0. The van der Waals surface area contributed by atoms with E-state index < -0.39 is 11.1 Å². The SMILES string of the molecule is Nc1cc(N)c(S(=O)[O-])c(N)c1. The van der Waals surface area contributed by atoms with Crippen LogP contribution in [0.3, 0.4) is 0 Å². The van der Waals surface area contributed by atoms with Crippen molar-refractivity contribution in [2.24, 2.45) is 0 Å². The van der Waals surface area contributed by atoms with Crippen molar-refractivity contribution < 1.29 is 8.76 Å². The Morgan fingerprint density at radius 3 is 1.92 bits per heavy atom. The molecule has 0 amide bonds. The largest absolute Gasteiger partial charge is 0.768 e. The predicted octanol–water partition coefficient (Wildman–Crippen LogP) is -0.329. The zero-order valence-electron chi connectivity index (χ0n) is 6.11. The molecule has 0 aliphatic rings. The van der Waals surface area contributed by atoms with Crippen LogP contribution in [0.5, 0.6) is 0 Å². The lowest BCUT2D eigenvalue weighted by atomic mass is 10.2. The number of anilines is 3. The van der Waals surface area contributed by atoms with Gasteiger partial charge in [0.2, 0.25) is 0 Å². The molecule has 1 unspecified atom stereocenters. The lowest BCUT2D eigenvalue weighted by Crippen LogP contribution is -2.03. The zero-order chi connectivity index (χ0) is 9.30. The van der Waals surface area contributed by atoms with Gasteiger partial charge in [0, 0.05) is 5.69 Å². The monoisotopic (exact) mass is 186 g/mol. The summed E-state index contributed by atoms with van der Waals surface area (Å²) >= 11 is -2.42. The number of rotatable bonds is 1. The maximum Gasteiger partial charge on any atom is 0.0709 e. The molecule has 0 fully saturated rings. The summed E-state index contributed by atoms with van der Waals surface area (Å²) in [5.74, 6) is 0. The third kappa shape index (κ3) is 1.49. The van der Waals surface area contributed by atoms with Gasteiger partial charge in [0.25, 0.3) is 0 Å².